The summed E-state index contributed by atoms with van der Waals surface area (Å²) in [5.41, 5.74) is -0.445. The molecule has 96 valence electrons. The zero-order valence-electron chi connectivity index (χ0n) is 10.9. The summed E-state index contributed by atoms with van der Waals surface area (Å²) in [5.74, 6) is 0. The summed E-state index contributed by atoms with van der Waals surface area (Å²) in [5, 5.41) is 9.17. The highest BCUT2D eigenvalue weighted by atomic mass is 16.7. The first-order chi connectivity index (χ1) is 7.39. The molecule has 0 saturated carbocycles. The molecule has 16 heavy (non-hydrogen) atoms. The first kappa shape index (κ1) is 13.9. The van der Waals surface area contributed by atoms with Crippen LogP contribution in [0.4, 0.5) is 0 Å². The van der Waals surface area contributed by atoms with Crippen LogP contribution in [-0.4, -0.2) is 48.3 Å². The molecule has 0 bridgehead atoms. The number of aliphatic hydroxyl groups excluding tert-OH is 1. The largest absolute Gasteiger partial charge is 0.393 e. The molecule has 0 aromatic carbocycles. The van der Waals surface area contributed by atoms with Gasteiger partial charge in [-0.25, -0.2) is 0 Å². The Hall–Kier alpha value is -0.160. The Bertz CT molecular complexity index is 217. The summed E-state index contributed by atoms with van der Waals surface area (Å²) in [6.45, 7) is 10.4. The van der Waals surface area contributed by atoms with Gasteiger partial charge in [0.2, 0.25) is 0 Å². The maximum absolute atomic E-state index is 9.17. The Morgan fingerprint density at radius 2 is 1.88 bits per heavy atom. The quantitative estimate of drug-likeness (QED) is 0.673. The Morgan fingerprint density at radius 3 is 2.25 bits per heavy atom. The van der Waals surface area contributed by atoms with E-state index < -0.39 is 5.60 Å². The Morgan fingerprint density at radius 1 is 1.25 bits per heavy atom. The van der Waals surface area contributed by atoms with Crippen LogP contribution in [0.2, 0.25) is 0 Å². The molecule has 0 amide bonds. The number of ether oxygens (including phenoxy) is 3. The molecule has 0 aliphatic carbocycles. The lowest BCUT2D eigenvalue weighted by molar-refractivity contribution is -0.0687. The standard InChI is InChI=1S/C12H24O4/c1-8(2)14-6-10(15-9(3)4)11-12(5,7-13)16-11/h8-11,13H,6-7H2,1-5H3/t10-,11+,12+/m1/s1. The number of aliphatic hydroxyl groups is 1. The van der Waals surface area contributed by atoms with Crippen molar-refractivity contribution in [2.45, 2.75) is 64.6 Å². The van der Waals surface area contributed by atoms with Crippen LogP contribution < -0.4 is 0 Å². The molecule has 0 aromatic rings. The van der Waals surface area contributed by atoms with Crippen LogP contribution in [0.1, 0.15) is 34.6 Å². The van der Waals surface area contributed by atoms with E-state index in [0.29, 0.717) is 6.61 Å². The van der Waals surface area contributed by atoms with E-state index in [1.807, 2.05) is 34.6 Å². The summed E-state index contributed by atoms with van der Waals surface area (Å²) in [6, 6.07) is 0. The highest BCUT2D eigenvalue weighted by molar-refractivity contribution is 5.03. The lowest BCUT2D eigenvalue weighted by atomic mass is 10.1. The van der Waals surface area contributed by atoms with Crippen molar-refractivity contribution in [3.63, 3.8) is 0 Å². The number of hydrogen-bond acceptors (Lipinski definition) is 4. The fraction of sp³-hybridized carbons (Fsp3) is 1.00. The molecule has 1 aliphatic rings. The van der Waals surface area contributed by atoms with E-state index in [0.717, 1.165) is 0 Å². The molecule has 3 atom stereocenters. The van der Waals surface area contributed by atoms with Gasteiger partial charge in [-0.05, 0) is 34.6 Å². The lowest BCUT2D eigenvalue weighted by Crippen LogP contribution is -2.34. The maximum atomic E-state index is 9.17. The van der Waals surface area contributed by atoms with Gasteiger partial charge in [0, 0.05) is 0 Å². The predicted octanol–water partition coefficient (Wildman–Crippen LogP) is 1.35. The van der Waals surface area contributed by atoms with Crippen LogP contribution in [-0.2, 0) is 14.2 Å². The highest BCUT2D eigenvalue weighted by Crippen LogP contribution is 2.39. The maximum Gasteiger partial charge on any atom is 0.118 e. The zero-order valence-corrected chi connectivity index (χ0v) is 10.9. The second kappa shape index (κ2) is 5.45. The van der Waals surface area contributed by atoms with Crippen LogP contribution in [0.25, 0.3) is 0 Å². The minimum atomic E-state index is -0.445. The van der Waals surface area contributed by atoms with E-state index in [1.54, 1.807) is 0 Å². The smallest absolute Gasteiger partial charge is 0.118 e. The van der Waals surface area contributed by atoms with Gasteiger partial charge < -0.3 is 19.3 Å². The third kappa shape index (κ3) is 3.70. The first-order valence-corrected chi connectivity index (χ1v) is 5.95. The van der Waals surface area contributed by atoms with Gasteiger partial charge in [-0.15, -0.1) is 0 Å². The molecular formula is C12H24O4. The Labute approximate surface area is 97.9 Å². The summed E-state index contributed by atoms with van der Waals surface area (Å²) in [4.78, 5) is 0. The predicted molar refractivity (Wildman–Crippen MR) is 61.5 cm³/mol. The van der Waals surface area contributed by atoms with Gasteiger partial charge in [0.15, 0.2) is 0 Å². The van der Waals surface area contributed by atoms with Gasteiger partial charge in [-0.2, -0.15) is 0 Å². The number of rotatable bonds is 7. The molecule has 1 N–H and O–H groups in total. The normalized spacial score (nSPS) is 31.1. The summed E-state index contributed by atoms with van der Waals surface area (Å²) >= 11 is 0. The average Bonchev–Trinajstić information content (AvgIpc) is 2.85. The first-order valence-electron chi connectivity index (χ1n) is 5.95. The fourth-order valence-electron chi connectivity index (χ4n) is 1.69. The van der Waals surface area contributed by atoms with Crippen molar-refractivity contribution in [3.8, 4) is 0 Å². The molecule has 1 rings (SSSR count). The van der Waals surface area contributed by atoms with E-state index >= 15 is 0 Å². The van der Waals surface area contributed by atoms with E-state index in [4.69, 9.17) is 14.2 Å². The molecule has 4 nitrogen and oxygen atoms in total. The molecule has 1 saturated heterocycles. The van der Waals surface area contributed by atoms with Crippen molar-refractivity contribution in [1.82, 2.24) is 0 Å². The summed E-state index contributed by atoms with van der Waals surface area (Å²) in [6.07, 6.45) is 0.156. The number of epoxide rings is 1. The number of hydrogen-bond donors (Lipinski definition) is 1. The second-order valence-electron chi connectivity index (χ2n) is 5.11. The molecule has 0 aromatic heterocycles. The average molecular weight is 232 g/mol. The SMILES string of the molecule is CC(C)OC[C@@H](OC(C)C)[C@@H]1O[C@@]1(C)CO. The molecule has 0 unspecified atom stereocenters. The van der Waals surface area contributed by atoms with Crippen LogP contribution >= 0.6 is 0 Å². The topological polar surface area (TPSA) is 51.2 Å². The van der Waals surface area contributed by atoms with Crippen molar-refractivity contribution < 1.29 is 19.3 Å². The third-order valence-corrected chi connectivity index (χ3v) is 2.63. The fourth-order valence-corrected chi connectivity index (χ4v) is 1.69. The summed E-state index contributed by atoms with van der Waals surface area (Å²) in [7, 11) is 0. The molecule has 1 aliphatic heterocycles. The minimum absolute atomic E-state index is 0.0251. The molecule has 1 fully saturated rings. The van der Waals surface area contributed by atoms with Gasteiger partial charge in [-0.1, -0.05) is 0 Å². The highest BCUT2D eigenvalue weighted by Gasteiger charge is 2.56. The molecule has 0 radical (unpaired) electrons. The van der Waals surface area contributed by atoms with Crippen molar-refractivity contribution >= 4 is 0 Å². The van der Waals surface area contributed by atoms with Crippen molar-refractivity contribution in [2.24, 2.45) is 0 Å². The van der Waals surface area contributed by atoms with E-state index in [9.17, 15) is 5.11 Å². The zero-order chi connectivity index (χ0) is 12.3. The third-order valence-electron chi connectivity index (χ3n) is 2.63. The van der Waals surface area contributed by atoms with E-state index in [1.165, 1.54) is 0 Å². The van der Waals surface area contributed by atoms with Crippen molar-refractivity contribution in [1.29, 1.82) is 0 Å². The monoisotopic (exact) mass is 232 g/mol. The van der Waals surface area contributed by atoms with E-state index in [-0.39, 0.29) is 31.0 Å². The minimum Gasteiger partial charge on any atom is -0.393 e. The second-order valence-corrected chi connectivity index (χ2v) is 5.11. The van der Waals surface area contributed by atoms with Crippen LogP contribution in [0, 0.1) is 0 Å². The lowest BCUT2D eigenvalue weighted by Gasteiger charge is -2.21. The van der Waals surface area contributed by atoms with Crippen LogP contribution in [0.5, 0.6) is 0 Å². The van der Waals surface area contributed by atoms with Crippen molar-refractivity contribution in [3.05, 3.63) is 0 Å². The van der Waals surface area contributed by atoms with Gasteiger partial charge >= 0.3 is 0 Å². The summed E-state index contributed by atoms with van der Waals surface area (Å²) < 4.78 is 16.8. The molecule has 0 spiro atoms. The van der Waals surface area contributed by atoms with Crippen molar-refractivity contribution in [2.75, 3.05) is 13.2 Å². The Kier molecular flexibility index (Phi) is 4.73. The Balaban J connectivity index is 2.46. The molecule has 1 heterocycles. The van der Waals surface area contributed by atoms with Gasteiger partial charge in [0.05, 0.1) is 25.4 Å². The van der Waals surface area contributed by atoms with E-state index in [2.05, 4.69) is 0 Å². The molecule has 4 heteroatoms. The van der Waals surface area contributed by atoms with Gasteiger partial charge in [0.1, 0.15) is 17.8 Å². The van der Waals surface area contributed by atoms with Gasteiger partial charge in [0.25, 0.3) is 0 Å². The van der Waals surface area contributed by atoms with Gasteiger partial charge in [-0.3, -0.25) is 0 Å². The molecular weight excluding hydrogens is 208 g/mol. The van der Waals surface area contributed by atoms with Crippen LogP contribution in [0.15, 0.2) is 0 Å². The van der Waals surface area contributed by atoms with Crippen LogP contribution in [0.3, 0.4) is 0 Å².